The minimum absolute atomic E-state index is 0. The number of para-hydroxylation sites is 1. The molecule has 3 rings (SSSR count). The summed E-state index contributed by atoms with van der Waals surface area (Å²) in [6.45, 7) is 5.86. The molecule has 8 heteroatoms. The molecule has 0 radical (unpaired) electrons. The third-order valence-corrected chi connectivity index (χ3v) is 8.13. The van der Waals surface area contributed by atoms with Crippen LogP contribution in [-0.4, -0.2) is 30.5 Å². The van der Waals surface area contributed by atoms with Crippen molar-refractivity contribution in [1.29, 1.82) is 0 Å². The summed E-state index contributed by atoms with van der Waals surface area (Å²) in [6, 6.07) is 13.2. The number of unbranched alkanes of at least 4 members (excludes halogenated alkanes) is 11. The van der Waals surface area contributed by atoms with Gasteiger partial charge in [0.1, 0.15) is 0 Å². The zero-order valence-electron chi connectivity index (χ0n) is 25.2. The molecule has 0 saturated heterocycles. The molecule has 2 amide bonds. The lowest BCUT2D eigenvalue weighted by Crippen LogP contribution is -2.20. The van der Waals surface area contributed by atoms with E-state index in [2.05, 4.69) is 47.7 Å². The van der Waals surface area contributed by atoms with Gasteiger partial charge in [0.15, 0.2) is 11.5 Å². The van der Waals surface area contributed by atoms with Gasteiger partial charge in [0, 0.05) is 18.4 Å². The highest BCUT2D eigenvalue weighted by molar-refractivity contribution is 8.93. The van der Waals surface area contributed by atoms with Gasteiger partial charge in [0.25, 0.3) is 0 Å². The van der Waals surface area contributed by atoms with Crippen molar-refractivity contribution in [2.75, 3.05) is 30.2 Å². The Morgan fingerprint density at radius 3 is 2.10 bits per heavy atom. The number of nitrogens with zero attached hydrogens (tertiary/aromatic N) is 1. The maximum atomic E-state index is 12.8. The lowest BCUT2D eigenvalue weighted by molar-refractivity contribution is 0.261. The Morgan fingerprint density at radius 2 is 1.51 bits per heavy atom. The Kier molecular flexibility index (Phi) is 17.5. The van der Waals surface area contributed by atoms with Crippen LogP contribution in [0.2, 0.25) is 0 Å². The number of anilines is 2. The molecule has 0 aromatic heterocycles. The van der Waals surface area contributed by atoms with Gasteiger partial charge in [-0.1, -0.05) is 95.8 Å². The van der Waals surface area contributed by atoms with Gasteiger partial charge in [-0.05, 0) is 48.1 Å². The predicted octanol–water partition coefficient (Wildman–Crippen LogP) is 10.4. The maximum absolute atomic E-state index is 12.8. The predicted molar refractivity (Wildman–Crippen MR) is 181 cm³/mol. The van der Waals surface area contributed by atoms with Crippen molar-refractivity contribution in [3.63, 3.8) is 0 Å². The molecule has 0 saturated carbocycles. The summed E-state index contributed by atoms with van der Waals surface area (Å²) in [6.07, 6.45) is 17.8. The first-order chi connectivity index (χ1) is 19.6. The number of carbonyl (C=O) groups excluding carboxylic acids is 1. The lowest BCUT2D eigenvalue weighted by atomic mass is 10.1. The zero-order valence-corrected chi connectivity index (χ0v) is 27.7. The van der Waals surface area contributed by atoms with E-state index in [4.69, 9.17) is 9.47 Å². The van der Waals surface area contributed by atoms with Gasteiger partial charge >= 0.3 is 6.03 Å². The van der Waals surface area contributed by atoms with Crippen LogP contribution in [0.4, 0.5) is 16.2 Å². The van der Waals surface area contributed by atoms with Crippen LogP contribution in [0.5, 0.6) is 11.5 Å². The topological polar surface area (TPSA) is 62.8 Å². The molecule has 0 spiro atoms. The summed E-state index contributed by atoms with van der Waals surface area (Å²) < 4.78 is 11.6. The van der Waals surface area contributed by atoms with E-state index in [0.717, 1.165) is 31.0 Å². The van der Waals surface area contributed by atoms with E-state index in [9.17, 15) is 4.79 Å². The van der Waals surface area contributed by atoms with Crippen LogP contribution in [0.15, 0.2) is 53.6 Å². The fourth-order valence-corrected chi connectivity index (χ4v) is 5.62. The maximum Gasteiger partial charge on any atom is 0.323 e. The van der Waals surface area contributed by atoms with E-state index >= 15 is 0 Å². The van der Waals surface area contributed by atoms with Crippen LogP contribution in [0.3, 0.4) is 0 Å². The van der Waals surface area contributed by atoms with Crippen molar-refractivity contribution in [2.45, 2.75) is 97.4 Å². The summed E-state index contributed by atoms with van der Waals surface area (Å²) in [5.41, 5.74) is 2.55. The first kappa shape index (κ1) is 34.9. The van der Waals surface area contributed by atoms with Crippen LogP contribution < -0.4 is 20.1 Å². The highest BCUT2D eigenvalue weighted by Crippen LogP contribution is 2.35. The number of hydrogen-bond acceptors (Lipinski definition) is 5. The van der Waals surface area contributed by atoms with Gasteiger partial charge in [0.2, 0.25) is 0 Å². The number of nitrogens with one attached hydrogen (secondary N) is 2. The second-order valence-electron chi connectivity index (χ2n) is 10.6. The molecule has 0 fully saturated rings. The van der Waals surface area contributed by atoms with Crippen molar-refractivity contribution in [3.8, 4) is 11.5 Å². The second kappa shape index (κ2) is 20.5. The summed E-state index contributed by atoms with van der Waals surface area (Å²) in [5, 5.41) is 5.86. The molecular formula is C33H50BrN3O3S. The van der Waals surface area contributed by atoms with E-state index in [1.54, 1.807) is 7.11 Å². The molecule has 0 bridgehead atoms. The molecule has 0 unspecified atom stereocenters. The number of hydrogen-bond donors (Lipinski definition) is 2. The summed E-state index contributed by atoms with van der Waals surface area (Å²) in [5.74, 6) is 2.18. The standard InChI is InChI=1S/C33H49N3O3S.BrH/c1-4-5-6-7-8-9-10-11-12-13-14-15-23-39-32-30(17-16-18-31(32)38-3)35-33(37)34-29-21-19-28(20-22-29)25-36-24-27(2)40-26-36;/h16-22,24H,4-15,23,25-26H2,1-3H3,(H2,34,35,37);1H. The number of ether oxygens (including phenoxy) is 2. The van der Waals surface area contributed by atoms with Crippen LogP contribution in [0, 0.1) is 0 Å². The molecule has 1 heterocycles. The van der Waals surface area contributed by atoms with Gasteiger partial charge in [-0.25, -0.2) is 4.79 Å². The number of carbonyl (C=O) groups is 1. The van der Waals surface area contributed by atoms with Crippen LogP contribution in [0.25, 0.3) is 0 Å². The van der Waals surface area contributed by atoms with Gasteiger partial charge in [-0.3, -0.25) is 0 Å². The van der Waals surface area contributed by atoms with Crippen LogP contribution in [0.1, 0.15) is 96.5 Å². The van der Waals surface area contributed by atoms with Crippen molar-refractivity contribution >= 4 is 46.1 Å². The van der Waals surface area contributed by atoms with Crippen molar-refractivity contribution in [3.05, 3.63) is 59.1 Å². The Balaban J connectivity index is 0.00000588. The Hall–Kier alpha value is -2.32. The number of allylic oxidation sites excluding steroid dienone is 1. The largest absolute Gasteiger partial charge is 0.493 e. The smallest absolute Gasteiger partial charge is 0.323 e. The number of rotatable bonds is 19. The molecule has 41 heavy (non-hydrogen) atoms. The van der Waals surface area contributed by atoms with Gasteiger partial charge in [0.05, 0.1) is 25.3 Å². The molecule has 2 aromatic rings. The third kappa shape index (κ3) is 13.5. The number of halogens is 1. The Labute approximate surface area is 262 Å². The van der Waals surface area contributed by atoms with Crippen molar-refractivity contribution < 1.29 is 14.3 Å². The Morgan fingerprint density at radius 1 is 0.878 bits per heavy atom. The van der Waals surface area contributed by atoms with E-state index in [1.807, 2.05) is 42.1 Å². The summed E-state index contributed by atoms with van der Waals surface area (Å²) >= 11 is 1.86. The van der Waals surface area contributed by atoms with E-state index in [-0.39, 0.29) is 23.0 Å². The molecular weight excluding hydrogens is 598 g/mol. The van der Waals surface area contributed by atoms with E-state index < -0.39 is 0 Å². The van der Waals surface area contributed by atoms with Crippen molar-refractivity contribution in [1.82, 2.24) is 4.90 Å². The van der Waals surface area contributed by atoms with Gasteiger partial charge in [-0.15, -0.1) is 28.7 Å². The number of benzene rings is 2. The first-order valence-corrected chi connectivity index (χ1v) is 16.1. The summed E-state index contributed by atoms with van der Waals surface area (Å²) in [4.78, 5) is 16.4. The molecule has 0 aliphatic carbocycles. The van der Waals surface area contributed by atoms with Crippen LogP contribution >= 0.6 is 28.7 Å². The minimum atomic E-state index is -0.314. The quantitative estimate of drug-likeness (QED) is 0.149. The molecule has 1 aliphatic rings. The van der Waals surface area contributed by atoms with E-state index in [1.165, 1.54) is 74.7 Å². The second-order valence-corrected chi connectivity index (χ2v) is 11.8. The summed E-state index contributed by atoms with van der Waals surface area (Å²) in [7, 11) is 1.62. The third-order valence-electron chi connectivity index (χ3n) is 7.11. The highest BCUT2D eigenvalue weighted by Gasteiger charge is 2.14. The molecule has 1 aliphatic heterocycles. The number of urea groups is 1. The zero-order chi connectivity index (χ0) is 28.4. The number of thioether (sulfide) groups is 1. The van der Waals surface area contributed by atoms with Gasteiger partial charge < -0.3 is 25.0 Å². The molecule has 0 atom stereocenters. The monoisotopic (exact) mass is 647 g/mol. The van der Waals surface area contributed by atoms with E-state index in [0.29, 0.717) is 23.8 Å². The fraction of sp³-hybridized carbons (Fsp3) is 0.545. The lowest BCUT2D eigenvalue weighted by Gasteiger charge is -2.16. The average Bonchev–Trinajstić information content (AvgIpc) is 3.37. The fourth-order valence-electron chi connectivity index (χ4n) is 4.86. The van der Waals surface area contributed by atoms with Crippen LogP contribution in [-0.2, 0) is 6.54 Å². The molecule has 228 valence electrons. The number of methoxy groups -OCH3 is 1. The molecule has 6 nitrogen and oxygen atoms in total. The van der Waals surface area contributed by atoms with Crippen molar-refractivity contribution in [2.24, 2.45) is 0 Å². The normalized spacial score (nSPS) is 12.5. The number of amides is 2. The van der Waals surface area contributed by atoms with Gasteiger partial charge in [-0.2, -0.15) is 0 Å². The molecule has 2 aromatic carbocycles. The first-order valence-electron chi connectivity index (χ1n) is 15.1. The molecule has 2 N–H and O–H groups in total. The highest BCUT2D eigenvalue weighted by atomic mass is 79.9. The average molecular weight is 649 g/mol. The SMILES string of the molecule is Br.CCCCCCCCCCCCCCOc1c(NC(=O)Nc2ccc(CN3C=C(C)SC3)cc2)cccc1OC. The minimum Gasteiger partial charge on any atom is -0.493 e. The Bertz CT molecular complexity index is 1050.